The van der Waals surface area contributed by atoms with Gasteiger partial charge in [0.1, 0.15) is 11.6 Å². The first-order valence-corrected chi connectivity index (χ1v) is 7.27. The van der Waals surface area contributed by atoms with Gasteiger partial charge in [0.25, 0.3) is 5.91 Å². The second kappa shape index (κ2) is 8.24. The first kappa shape index (κ1) is 16.9. The highest BCUT2D eigenvalue weighted by Crippen LogP contribution is 2.14. The van der Waals surface area contributed by atoms with Gasteiger partial charge in [-0.2, -0.15) is 0 Å². The van der Waals surface area contributed by atoms with E-state index in [1.807, 2.05) is 0 Å². The fourth-order valence-electron chi connectivity index (χ4n) is 2.00. The lowest BCUT2D eigenvalue weighted by Gasteiger charge is -2.09. The van der Waals surface area contributed by atoms with Crippen molar-refractivity contribution in [3.05, 3.63) is 65.2 Å². The van der Waals surface area contributed by atoms with Crippen LogP contribution >= 0.6 is 0 Å². The quantitative estimate of drug-likeness (QED) is 0.688. The molecule has 2 aromatic rings. The SMILES string of the molecule is O=C(NCCCO)c1ccc(NCc2cc(F)ccc2F)cc1. The number of halogens is 2. The number of aliphatic hydroxyl groups excluding tert-OH is 1. The monoisotopic (exact) mass is 320 g/mol. The number of anilines is 1. The lowest BCUT2D eigenvalue weighted by atomic mass is 10.1. The van der Waals surface area contributed by atoms with E-state index >= 15 is 0 Å². The lowest BCUT2D eigenvalue weighted by Crippen LogP contribution is -2.24. The summed E-state index contributed by atoms with van der Waals surface area (Å²) in [6.45, 7) is 0.583. The van der Waals surface area contributed by atoms with Crippen LogP contribution in [0.3, 0.4) is 0 Å². The third-order valence-corrected chi connectivity index (χ3v) is 3.26. The molecular formula is C17H18F2N2O2. The number of benzene rings is 2. The molecule has 0 atom stereocenters. The molecule has 0 aliphatic rings. The van der Waals surface area contributed by atoms with Crippen LogP contribution in [0.2, 0.25) is 0 Å². The molecule has 23 heavy (non-hydrogen) atoms. The van der Waals surface area contributed by atoms with E-state index in [0.717, 1.165) is 18.2 Å². The Morgan fingerprint density at radius 2 is 1.83 bits per heavy atom. The Labute approximate surface area is 133 Å². The minimum absolute atomic E-state index is 0.0276. The second-order valence-electron chi connectivity index (χ2n) is 5.00. The molecule has 0 radical (unpaired) electrons. The standard InChI is InChI=1S/C17H18F2N2O2/c18-14-4-7-16(19)13(10-14)11-21-15-5-2-12(3-6-15)17(23)20-8-1-9-22/h2-7,10,21-22H,1,8-9,11H2,(H,20,23). The van der Waals surface area contributed by atoms with E-state index in [1.165, 1.54) is 0 Å². The van der Waals surface area contributed by atoms with Crippen LogP contribution in [-0.4, -0.2) is 24.2 Å². The van der Waals surface area contributed by atoms with Gasteiger partial charge in [0.15, 0.2) is 0 Å². The van der Waals surface area contributed by atoms with Gasteiger partial charge in [-0.05, 0) is 48.9 Å². The van der Waals surface area contributed by atoms with Gasteiger partial charge in [-0.25, -0.2) is 8.78 Å². The Morgan fingerprint density at radius 1 is 1.09 bits per heavy atom. The van der Waals surface area contributed by atoms with E-state index in [-0.39, 0.29) is 24.6 Å². The number of amides is 1. The van der Waals surface area contributed by atoms with Gasteiger partial charge in [0, 0.05) is 36.5 Å². The predicted octanol–water partition coefficient (Wildman–Crippen LogP) is 2.69. The van der Waals surface area contributed by atoms with Gasteiger partial charge < -0.3 is 15.7 Å². The summed E-state index contributed by atoms with van der Waals surface area (Å²) < 4.78 is 26.6. The zero-order chi connectivity index (χ0) is 16.7. The van der Waals surface area contributed by atoms with Crippen LogP contribution in [-0.2, 0) is 6.54 Å². The summed E-state index contributed by atoms with van der Waals surface area (Å²) in [6, 6.07) is 9.97. The molecule has 0 unspecified atom stereocenters. The molecule has 1 amide bonds. The van der Waals surface area contributed by atoms with Gasteiger partial charge in [-0.3, -0.25) is 4.79 Å². The summed E-state index contributed by atoms with van der Waals surface area (Å²) in [5, 5.41) is 14.3. The van der Waals surface area contributed by atoms with Crippen molar-refractivity contribution in [2.45, 2.75) is 13.0 Å². The molecule has 3 N–H and O–H groups in total. The Balaban J connectivity index is 1.92. The topological polar surface area (TPSA) is 61.4 Å². The first-order valence-electron chi connectivity index (χ1n) is 7.27. The first-order chi connectivity index (χ1) is 11.1. The van der Waals surface area contributed by atoms with Crippen LogP contribution in [0.25, 0.3) is 0 Å². The summed E-state index contributed by atoms with van der Waals surface area (Å²) in [5.41, 5.74) is 1.42. The molecule has 2 rings (SSSR count). The summed E-state index contributed by atoms with van der Waals surface area (Å²) in [5.74, 6) is -1.18. The fraction of sp³-hybridized carbons (Fsp3) is 0.235. The highest BCUT2D eigenvalue weighted by molar-refractivity contribution is 5.94. The zero-order valence-corrected chi connectivity index (χ0v) is 12.5. The molecular weight excluding hydrogens is 302 g/mol. The molecule has 0 saturated carbocycles. The highest BCUT2D eigenvalue weighted by atomic mass is 19.1. The number of nitrogens with one attached hydrogen (secondary N) is 2. The normalized spacial score (nSPS) is 10.4. The molecule has 0 heterocycles. The molecule has 0 aliphatic carbocycles. The summed E-state index contributed by atoms with van der Waals surface area (Å²) >= 11 is 0. The van der Waals surface area contributed by atoms with Crippen molar-refractivity contribution in [2.75, 3.05) is 18.5 Å². The molecule has 0 bridgehead atoms. The van der Waals surface area contributed by atoms with Crippen molar-refractivity contribution < 1.29 is 18.7 Å². The average Bonchev–Trinajstić information content (AvgIpc) is 2.56. The third kappa shape index (κ3) is 5.03. The molecule has 0 aromatic heterocycles. The number of hydrogen-bond acceptors (Lipinski definition) is 3. The Bertz CT molecular complexity index is 660. The van der Waals surface area contributed by atoms with E-state index < -0.39 is 11.6 Å². The van der Waals surface area contributed by atoms with E-state index in [2.05, 4.69) is 10.6 Å². The number of carbonyl (C=O) groups is 1. The molecule has 0 spiro atoms. The van der Waals surface area contributed by atoms with Gasteiger partial charge in [-0.15, -0.1) is 0 Å². The number of rotatable bonds is 7. The molecule has 4 nitrogen and oxygen atoms in total. The van der Waals surface area contributed by atoms with Gasteiger partial charge in [-0.1, -0.05) is 0 Å². The van der Waals surface area contributed by atoms with Crippen molar-refractivity contribution in [1.82, 2.24) is 5.32 Å². The summed E-state index contributed by atoms with van der Waals surface area (Å²) in [7, 11) is 0. The minimum Gasteiger partial charge on any atom is -0.396 e. The molecule has 0 aliphatic heterocycles. The minimum atomic E-state index is -0.488. The van der Waals surface area contributed by atoms with Crippen LogP contribution in [0.4, 0.5) is 14.5 Å². The zero-order valence-electron chi connectivity index (χ0n) is 12.5. The van der Waals surface area contributed by atoms with Gasteiger partial charge in [0.05, 0.1) is 0 Å². The molecule has 122 valence electrons. The molecule has 2 aromatic carbocycles. The van der Waals surface area contributed by atoms with Crippen LogP contribution < -0.4 is 10.6 Å². The highest BCUT2D eigenvalue weighted by Gasteiger charge is 2.06. The molecule has 6 heteroatoms. The molecule has 0 saturated heterocycles. The smallest absolute Gasteiger partial charge is 0.251 e. The van der Waals surface area contributed by atoms with Crippen LogP contribution in [0, 0.1) is 11.6 Å². The van der Waals surface area contributed by atoms with Crippen LogP contribution in [0.5, 0.6) is 0 Å². The average molecular weight is 320 g/mol. The lowest BCUT2D eigenvalue weighted by molar-refractivity contribution is 0.0951. The van der Waals surface area contributed by atoms with Gasteiger partial charge in [0.2, 0.25) is 0 Å². The summed E-state index contributed by atoms with van der Waals surface area (Å²) in [4.78, 5) is 11.8. The van der Waals surface area contributed by atoms with Crippen LogP contribution in [0.1, 0.15) is 22.3 Å². The van der Waals surface area contributed by atoms with Crippen molar-refractivity contribution in [2.24, 2.45) is 0 Å². The maximum Gasteiger partial charge on any atom is 0.251 e. The third-order valence-electron chi connectivity index (χ3n) is 3.26. The molecule has 0 fully saturated rings. The van der Waals surface area contributed by atoms with Gasteiger partial charge >= 0.3 is 0 Å². The van der Waals surface area contributed by atoms with Crippen molar-refractivity contribution in [3.8, 4) is 0 Å². The van der Waals surface area contributed by atoms with E-state index in [1.54, 1.807) is 24.3 Å². The van der Waals surface area contributed by atoms with Crippen molar-refractivity contribution >= 4 is 11.6 Å². The van der Waals surface area contributed by atoms with E-state index in [9.17, 15) is 13.6 Å². The largest absolute Gasteiger partial charge is 0.396 e. The maximum absolute atomic E-state index is 13.5. The van der Waals surface area contributed by atoms with Crippen molar-refractivity contribution in [3.63, 3.8) is 0 Å². The number of hydrogen-bond donors (Lipinski definition) is 3. The van der Waals surface area contributed by atoms with Crippen molar-refractivity contribution in [1.29, 1.82) is 0 Å². The van der Waals surface area contributed by atoms with Crippen LogP contribution in [0.15, 0.2) is 42.5 Å². The predicted molar refractivity (Wildman–Crippen MR) is 84.2 cm³/mol. The number of carbonyl (C=O) groups excluding carboxylic acids is 1. The Kier molecular flexibility index (Phi) is 6.05. The fourth-order valence-corrected chi connectivity index (χ4v) is 2.00. The second-order valence-corrected chi connectivity index (χ2v) is 5.00. The Hall–Kier alpha value is -2.47. The Morgan fingerprint density at radius 3 is 2.52 bits per heavy atom. The van der Waals surface area contributed by atoms with E-state index in [4.69, 9.17) is 5.11 Å². The van der Waals surface area contributed by atoms with E-state index in [0.29, 0.717) is 24.2 Å². The maximum atomic E-state index is 13.5. The number of aliphatic hydroxyl groups is 1. The summed E-state index contributed by atoms with van der Waals surface area (Å²) in [6.07, 6.45) is 0.505.